The van der Waals surface area contributed by atoms with Crippen LogP contribution in [0.3, 0.4) is 0 Å². The van der Waals surface area contributed by atoms with Crippen molar-refractivity contribution in [2.75, 3.05) is 12.8 Å². The lowest BCUT2D eigenvalue weighted by atomic mass is 10.1. The molecule has 3 rings (SSSR count). The van der Waals surface area contributed by atoms with Gasteiger partial charge in [0.2, 0.25) is 10.0 Å². The SMILES string of the molecule is C[C@@H](NC(=O)NCc1cc2n(n1)CCN(S(C)(=O)=O)C2)c1ccccc1. The van der Waals surface area contributed by atoms with Gasteiger partial charge in [0.1, 0.15) is 0 Å². The van der Waals surface area contributed by atoms with Gasteiger partial charge < -0.3 is 10.6 Å². The number of amides is 2. The molecule has 1 aromatic heterocycles. The predicted octanol–water partition coefficient (Wildman–Crippen LogP) is 1.22. The van der Waals surface area contributed by atoms with Crippen LogP contribution in [0.15, 0.2) is 36.4 Å². The number of hydrogen-bond donors (Lipinski definition) is 2. The Morgan fingerprint density at radius 1 is 1.27 bits per heavy atom. The van der Waals surface area contributed by atoms with Gasteiger partial charge in [-0.1, -0.05) is 30.3 Å². The Hall–Kier alpha value is -2.39. The summed E-state index contributed by atoms with van der Waals surface area (Å²) in [6.45, 7) is 3.44. The van der Waals surface area contributed by atoms with Crippen molar-refractivity contribution in [2.45, 2.75) is 32.6 Å². The van der Waals surface area contributed by atoms with E-state index in [-0.39, 0.29) is 18.6 Å². The number of sulfonamides is 1. The molecule has 2 amide bonds. The number of benzene rings is 1. The minimum Gasteiger partial charge on any atom is -0.332 e. The Bertz CT molecular complexity index is 879. The molecule has 1 atom stereocenters. The molecule has 26 heavy (non-hydrogen) atoms. The van der Waals surface area contributed by atoms with Crippen LogP contribution in [0.5, 0.6) is 0 Å². The minimum atomic E-state index is -3.21. The predicted molar refractivity (Wildman–Crippen MR) is 97.7 cm³/mol. The fourth-order valence-electron chi connectivity index (χ4n) is 2.91. The zero-order valence-electron chi connectivity index (χ0n) is 14.8. The molecular formula is C17H23N5O3S. The maximum Gasteiger partial charge on any atom is 0.315 e. The fourth-order valence-corrected chi connectivity index (χ4v) is 3.69. The van der Waals surface area contributed by atoms with Gasteiger partial charge in [-0.2, -0.15) is 9.40 Å². The van der Waals surface area contributed by atoms with E-state index in [1.807, 2.05) is 43.3 Å². The molecule has 0 spiro atoms. The molecule has 0 fully saturated rings. The molecule has 0 bridgehead atoms. The first kappa shape index (κ1) is 18.4. The molecule has 1 aliphatic heterocycles. The smallest absolute Gasteiger partial charge is 0.315 e. The lowest BCUT2D eigenvalue weighted by Crippen LogP contribution is -2.37. The van der Waals surface area contributed by atoms with E-state index in [1.165, 1.54) is 10.6 Å². The van der Waals surface area contributed by atoms with Crippen molar-refractivity contribution < 1.29 is 13.2 Å². The second kappa shape index (κ2) is 7.46. The lowest BCUT2D eigenvalue weighted by molar-refractivity contribution is 0.237. The van der Waals surface area contributed by atoms with Crippen LogP contribution in [0.4, 0.5) is 4.79 Å². The van der Waals surface area contributed by atoms with Crippen molar-refractivity contribution in [3.63, 3.8) is 0 Å². The van der Waals surface area contributed by atoms with Crippen LogP contribution in [0, 0.1) is 0 Å². The Kier molecular flexibility index (Phi) is 5.28. The number of nitrogens with zero attached hydrogens (tertiary/aromatic N) is 3. The molecule has 1 aromatic carbocycles. The highest BCUT2D eigenvalue weighted by Gasteiger charge is 2.24. The van der Waals surface area contributed by atoms with Crippen LogP contribution in [0.1, 0.15) is 29.9 Å². The van der Waals surface area contributed by atoms with Crippen molar-refractivity contribution in [3.8, 4) is 0 Å². The molecule has 140 valence electrons. The summed E-state index contributed by atoms with van der Waals surface area (Å²) in [6, 6.07) is 11.2. The molecule has 2 heterocycles. The Morgan fingerprint density at radius 3 is 2.69 bits per heavy atom. The first-order valence-corrected chi connectivity index (χ1v) is 10.3. The molecule has 2 N–H and O–H groups in total. The maximum absolute atomic E-state index is 12.1. The normalized spacial score (nSPS) is 15.9. The first-order chi connectivity index (χ1) is 12.3. The fraction of sp³-hybridized carbons (Fsp3) is 0.412. The summed E-state index contributed by atoms with van der Waals surface area (Å²) in [5.74, 6) is 0. The van der Waals surface area contributed by atoms with Crippen molar-refractivity contribution in [1.82, 2.24) is 24.7 Å². The number of fused-ring (bicyclic) bond motifs is 1. The maximum atomic E-state index is 12.1. The number of aromatic nitrogens is 2. The number of urea groups is 1. The Morgan fingerprint density at radius 2 is 2.00 bits per heavy atom. The zero-order chi connectivity index (χ0) is 18.7. The Balaban J connectivity index is 1.54. The summed E-state index contributed by atoms with van der Waals surface area (Å²) < 4.78 is 26.6. The molecule has 0 saturated heterocycles. The van der Waals surface area contributed by atoms with Crippen molar-refractivity contribution in [3.05, 3.63) is 53.3 Å². The van der Waals surface area contributed by atoms with E-state index in [9.17, 15) is 13.2 Å². The van der Waals surface area contributed by atoms with E-state index in [4.69, 9.17) is 0 Å². The molecule has 1 aliphatic rings. The molecule has 0 radical (unpaired) electrons. The highest BCUT2D eigenvalue weighted by atomic mass is 32.2. The van der Waals surface area contributed by atoms with Gasteiger partial charge in [0.15, 0.2) is 0 Å². The number of hydrogen-bond acceptors (Lipinski definition) is 4. The number of nitrogens with one attached hydrogen (secondary N) is 2. The van der Waals surface area contributed by atoms with Gasteiger partial charge in [-0.15, -0.1) is 0 Å². The second-order valence-corrected chi connectivity index (χ2v) is 8.39. The third-order valence-corrected chi connectivity index (χ3v) is 5.61. The molecule has 8 nitrogen and oxygen atoms in total. The van der Waals surface area contributed by atoms with E-state index in [0.717, 1.165) is 11.3 Å². The molecule has 0 aliphatic carbocycles. The van der Waals surface area contributed by atoms with Gasteiger partial charge in [0.05, 0.1) is 43.3 Å². The van der Waals surface area contributed by atoms with E-state index < -0.39 is 10.0 Å². The topological polar surface area (TPSA) is 96.3 Å². The second-order valence-electron chi connectivity index (χ2n) is 6.41. The number of carbonyl (C=O) groups is 1. The molecule has 0 unspecified atom stereocenters. The summed E-state index contributed by atoms with van der Waals surface area (Å²) in [5, 5.41) is 10.1. The van der Waals surface area contributed by atoms with E-state index in [0.29, 0.717) is 25.3 Å². The van der Waals surface area contributed by atoms with E-state index in [2.05, 4.69) is 15.7 Å². The van der Waals surface area contributed by atoms with Gasteiger partial charge in [0.25, 0.3) is 0 Å². The van der Waals surface area contributed by atoms with Crippen LogP contribution in [0.25, 0.3) is 0 Å². The Labute approximate surface area is 153 Å². The molecular weight excluding hydrogens is 354 g/mol. The van der Waals surface area contributed by atoms with Crippen LogP contribution in [-0.4, -0.2) is 41.3 Å². The average molecular weight is 377 g/mol. The first-order valence-electron chi connectivity index (χ1n) is 8.43. The van der Waals surface area contributed by atoms with Gasteiger partial charge >= 0.3 is 6.03 Å². The summed E-state index contributed by atoms with van der Waals surface area (Å²) in [7, 11) is -3.21. The van der Waals surface area contributed by atoms with Gasteiger partial charge in [-0.25, -0.2) is 13.2 Å². The number of carbonyl (C=O) groups excluding carboxylic acids is 1. The minimum absolute atomic E-state index is 0.102. The van der Waals surface area contributed by atoms with Crippen LogP contribution in [-0.2, 0) is 29.7 Å². The molecule has 9 heteroatoms. The summed E-state index contributed by atoms with van der Waals surface area (Å²) in [5.41, 5.74) is 2.57. The quantitative estimate of drug-likeness (QED) is 0.819. The zero-order valence-corrected chi connectivity index (χ0v) is 15.7. The van der Waals surface area contributed by atoms with Crippen molar-refractivity contribution >= 4 is 16.1 Å². The van der Waals surface area contributed by atoms with Crippen molar-refractivity contribution in [1.29, 1.82) is 0 Å². The molecule has 0 saturated carbocycles. The summed E-state index contributed by atoms with van der Waals surface area (Å²) in [4.78, 5) is 12.1. The highest BCUT2D eigenvalue weighted by Crippen LogP contribution is 2.16. The van der Waals surface area contributed by atoms with Crippen molar-refractivity contribution in [2.24, 2.45) is 0 Å². The van der Waals surface area contributed by atoms with E-state index >= 15 is 0 Å². The molecule has 2 aromatic rings. The third kappa shape index (κ3) is 4.41. The van der Waals surface area contributed by atoms with Gasteiger partial charge in [-0.05, 0) is 18.6 Å². The monoisotopic (exact) mass is 377 g/mol. The average Bonchev–Trinajstić information content (AvgIpc) is 3.02. The third-order valence-electron chi connectivity index (χ3n) is 4.36. The number of rotatable bonds is 5. The lowest BCUT2D eigenvalue weighted by Gasteiger charge is -2.25. The van der Waals surface area contributed by atoms with Crippen LogP contribution < -0.4 is 10.6 Å². The van der Waals surface area contributed by atoms with Gasteiger partial charge in [-0.3, -0.25) is 4.68 Å². The van der Waals surface area contributed by atoms with Gasteiger partial charge in [0, 0.05) is 6.54 Å². The summed E-state index contributed by atoms with van der Waals surface area (Å²) in [6.07, 6.45) is 1.21. The summed E-state index contributed by atoms with van der Waals surface area (Å²) >= 11 is 0. The largest absolute Gasteiger partial charge is 0.332 e. The van der Waals surface area contributed by atoms with Crippen LogP contribution >= 0.6 is 0 Å². The standard InChI is InChI=1S/C17H23N5O3S/c1-13(14-6-4-3-5-7-14)19-17(23)18-11-15-10-16-12-21(26(2,24)25)8-9-22(16)20-15/h3-7,10,13H,8-9,11-12H2,1-2H3,(H2,18,19,23)/t13-/m1/s1. The van der Waals surface area contributed by atoms with Crippen LogP contribution in [0.2, 0.25) is 0 Å². The van der Waals surface area contributed by atoms with E-state index in [1.54, 1.807) is 4.68 Å². The highest BCUT2D eigenvalue weighted by molar-refractivity contribution is 7.88.